The summed E-state index contributed by atoms with van der Waals surface area (Å²) in [4.78, 5) is 0. The molecule has 0 amide bonds. The molecule has 0 aromatic heterocycles. The van der Waals surface area contributed by atoms with Gasteiger partial charge in [-0.1, -0.05) is 31.9 Å². The van der Waals surface area contributed by atoms with Gasteiger partial charge >= 0.3 is 0 Å². The van der Waals surface area contributed by atoms with Gasteiger partial charge in [-0.05, 0) is 24.3 Å². The lowest BCUT2D eigenvalue weighted by Crippen LogP contribution is -2.18. The first-order valence-electron chi connectivity index (χ1n) is 3.85. The average molecular weight is 310 g/mol. The predicted molar refractivity (Wildman–Crippen MR) is 59.4 cm³/mol. The molecule has 1 N–H and O–H groups in total. The van der Waals surface area contributed by atoms with E-state index in [1.807, 2.05) is 24.3 Å². The van der Waals surface area contributed by atoms with Crippen LogP contribution in [0, 0.1) is 0 Å². The van der Waals surface area contributed by atoms with Crippen LogP contribution in [0.2, 0.25) is 0 Å². The number of ether oxygens (including phenoxy) is 1. The second-order valence-electron chi connectivity index (χ2n) is 2.57. The van der Waals surface area contributed by atoms with Crippen LogP contribution >= 0.6 is 31.9 Å². The molecule has 0 saturated carbocycles. The Kier molecular flexibility index (Phi) is 4.77. The fourth-order valence-corrected chi connectivity index (χ4v) is 1.22. The maximum Gasteiger partial charge on any atom is 0.119 e. The van der Waals surface area contributed by atoms with E-state index in [9.17, 15) is 5.11 Å². The number of aliphatic hydroxyl groups excluding tert-OH is 1. The molecule has 13 heavy (non-hydrogen) atoms. The van der Waals surface area contributed by atoms with E-state index in [1.54, 1.807) is 0 Å². The lowest BCUT2D eigenvalue weighted by atomic mass is 10.3. The quantitative estimate of drug-likeness (QED) is 0.866. The van der Waals surface area contributed by atoms with Crippen molar-refractivity contribution in [3.63, 3.8) is 0 Å². The summed E-state index contributed by atoms with van der Waals surface area (Å²) < 4.78 is 6.33. The molecule has 0 heterocycles. The van der Waals surface area contributed by atoms with E-state index in [1.165, 1.54) is 0 Å². The number of rotatable bonds is 4. The molecule has 0 fully saturated rings. The van der Waals surface area contributed by atoms with Gasteiger partial charge in [-0.3, -0.25) is 0 Å². The van der Waals surface area contributed by atoms with Crippen LogP contribution in [0.15, 0.2) is 28.7 Å². The third-order valence-corrected chi connectivity index (χ3v) is 2.71. The monoisotopic (exact) mass is 308 g/mol. The Morgan fingerprint density at radius 2 is 1.92 bits per heavy atom. The fraction of sp³-hybridized carbons (Fsp3) is 0.333. The van der Waals surface area contributed by atoms with Crippen LogP contribution in [-0.2, 0) is 0 Å². The lowest BCUT2D eigenvalue weighted by molar-refractivity contribution is 0.127. The van der Waals surface area contributed by atoms with E-state index in [0.717, 1.165) is 10.2 Å². The molecule has 72 valence electrons. The second kappa shape index (κ2) is 5.62. The summed E-state index contributed by atoms with van der Waals surface area (Å²) in [7, 11) is 0. The molecule has 4 heteroatoms. The third kappa shape index (κ3) is 4.11. The molecule has 2 nitrogen and oxygen atoms in total. The Bertz CT molecular complexity index is 248. The largest absolute Gasteiger partial charge is 0.491 e. The molecule has 1 aromatic carbocycles. The summed E-state index contributed by atoms with van der Waals surface area (Å²) in [6.07, 6.45) is -0.455. The van der Waals surface area contributed by atoms with Gasteiger partial charge in [0, 0.05) is 9.80 Å². The van der Waals surface area contributed by atoms with Crippen molar-refractivity contribution in [2.45, 2.75) is 6.10 Å². The summed E-state index contributed by atoms with van der Waals surface area (Å²) in [6, 6.07) is 7.50. The maximum atomic E-state index is 9.19. The number of alkyl halides is 1. The highest BCUT2D eigenvalue weighted by atomic mass is 79.9. The molecule has 0 radical (unpaired) electrons. The molecule has 1 atom stereocenters. The zero-order chi connectivity index (χ0) is 9.68. The molecule has 1 unspecified atom stereocenters. The highest BCUT2D eigenvalue weighted by Crippen LogP contribution is 2.16. The van der Waals surface area contributed by atoms with E-state index in [4.69, 9.17) is 4.74 Å². The van der Waals surface area contributed by atoms with E-state index < -0.39 is 6.10 Å². The molecule has 0 aliphatic carbocycles. The van der Waals surface area contributed by atoms with E-state index in [2.05, 4.69) is 31.9 Å². The maximum absolute atomic E-state index is 9.19. The first-order chi connectivity index (χ1) is 6.22. The topological polar surface area (TPSA) is 29.5 Å². The molecular weight excluding hydrogens is 300 g/mol. The minimum absolute atomic E-state index is 0.312. The molecular formula is C9H10Br2O2. The third-order valence-electron chi connectivity index (χ3n) is 1.43. The van der Waals surface area contributed by atoms with E-state index in [0.29, 0.717) is 11.9 Å². The molecule has 0 aliphatic rings. The molecule has 0 aliphatic heterocycles. The Balaban J connectivity index is 2.41. The van der Waals surface area contributed by atoms with Gasteiger partial charge in [0.1, 0.15) is 12.4 Å². The van der Waals surface area contributed by atoms with Gasteiger partial charge in [0.25, 0.3) is 0 Å². The lowest BCUT2D eigenvalue weighted by Gasteiger charge is -2.09. The summed E-state index contributed by atoms with van der Waals surface area (Å²) in [5, 5.41) is 9.72. The van der Waals surface area contributed by atoms with Crippen molar-refractivity contribution in [3.05, 3.63) is 28.7 Å². The summed E-state index contributed by atoms with van der Waals surface area (Å²) >= 11 is 6.49. The van der Waals surface area contributed by atoms with Gasteiger partial charge in [-0.2, -0.15) is 0 Å². The highest BCUT2D eigenvalue weighted by molar-refractivity contribution is 9.10. The zero-order valence-electron chi connectivity index (χ0n) is 6.91. The SMILES string of the molecule is OC(CBr)COc1ccc(Br)cc1. The van der Waals surface area contributed by atoms with Gasteiger partial charge in [0.15, 0.2) is 0 Å². The molecule has 0 spiro atoms. The van der Waals surface area contributed by atoms with Gasteiger partial charge in [-0.15, -0.1) is 0 Å². The van der Waals surface area contributed by atoms with Gasteiger partial charge in [0.05, 0.1) is 6.10 Å². The molecule has 0 bridgehead atoms. The van der Waals surface area contributed by atoms with Crippen LogP contribution in [-0.4, -0.2) is 23.1 Å². The Hall–Kier alpha value is -0.0600. The second-order valence-corrected chi connectivity index (χ2v) is 4.14. The van der Waals surface area contributed by atoms with Crippen molar-refractivity contribution in [2.75, 3.05) is 11.9 Å². The van der Waals surface area contributed by atoms with Crippen molar-refractivity contribution in [1.29, 1.82) is 0 Å². The highest BCUT2D eigenvalue weighted by Gasteiger charge is 2.01. The minimum atomic E-state index is -0.455. The van der Waals surface area contributed by atoms with E-state index in [-0.39, 0.29) is 0 Å². The number of benzene rings is 1. The summed E-state index contributed by atoms with van der Waals surface area (Å²) in [6.45, 7) is 0.312. The van der Waals surface area contributed by atoms with Gasteiger partial charge in [-0.25, -0.2) is 0 Å². The van der Waals surface area contributed by atoms with Crippen LogP contribution in [0.3, 0.4) is 0 Å². The normalized spacial score (nSPS) is 12.5. The Labute approximate surface area is 94.2 Å². The fourth-order valence-electron chi connectivity index (χ4n) is 0.768. The van der Waals surface area contributed by atoms with Gasteiger partial charge < -0.3 is 9.84 Å². The average Bonchev–Trinajstić information content (AvgIpc) is 2.16. The number of aliphatic hydroxyl groups is 1. The van der Waals surface area contributed by atoms with E-state index >= 15 is 0 Å². The first kappa shape index (κ1) is 11.0. The number of hydrogen-bond acceptors (Lipinski definition) is 2. The smallest absolute Gasteiger partial charge is 0.119 e. The van der Waals surface area contributed by atoms with Crippen molar-refractivity contribution in [2.24, 2.45) is 0 Å². The Morgan fingerprint density at radius 3 is 2.46 bits per heavy atom. The number of hydrogen-bond donors (Lipinski definition) is 1. The summed E-state index contributed by atoms with van der Waals surface area (Å²) in [5.41, 5.74) is 0. The van der Waals surface area contributed by atoms with Crippen LogP contribution in [0.5, 0.6) is 5.75 Å². The van der Waals surface area contributed by atoms with Crippen molar-refractivity contribution >= 4 is 31.9 Å². The van der Waals surface area contributed by atoms with Crippen molar-refractivity contribution < 1.29 is 9.84 Å². The molecule has 1 rings (SSSR count). The van der Waals surface area contributed by atoms with Crippen molar-refractivity contribution in [1.82, 2.24) is 0 Å². The van der Waals surface area contributed by atoms with Crippen LogP contribution in [0.25, 0.3) is 0 Å². The molecule has 0 saturated heterocycles. The minimum Gasteiger partial charge on any atom is -0.491 e. The first-order valence-corrected chi connectivity index (χ1v) is 5.76. The van der Waals surface area contributed by atoms with Crippen LogP contribution in [0.1, 0.15) is 0 Å². The summed E-state index contributed by atoms with van der Waals surface area (Å²) in [5.74, 6) is 0.767. The zero-order valence-corrected chi connectivity index (χ0v) is 10.1. The standard InChI is InChI=1S/C9H10Br2O2/c10-5-8(12)6-13-9-3-1-7(11)2-4-9/h1-4,8,12H,5-6H2. The van der Waals surface area contributed by atoms with Crippen LogP contribution < -0.4 is 4.74 Å². The van der Waals surface area contributed by atoms with Crippen molar-refractivity contribution in [3.8, 4) is 5.75 Å². The number of halogens is 2. The van der Waals surface area contributed by atoms with Crippen LogP contribution in [0.4, 0.5) is 0 Å². The Morgan fingerprint density at radius 1 is 1.31 bits per heavy atom. The molecule has 1 aromatic rings. The predicted octanol–water partition coefficient (Wildman–Crippen LogP) is 2.58. The van der Waals surface area contributed by atoms with Gasteiger partial charge in [0.2, 0.25) is 0 Å².